The Balaban J connectivity index is 1.31. The first kappa shape index (κ1) is 26.6. The number of fused-ring (bicyclic) bond motifs is 3. The van der Waals surface area contributed by atoms with Crippen LogP contribution in [-0.4, -0.2) is 42.5 Å². The molecule has 1 amide bonds. The van der Waals surface area contributed by atoms with Gasteiger partial charge >= 0.3 is 13.2 Å². The van der Waals surface area contributed by atoms with Crippen LogP contribution in [0.5, 0.6) is 0 Å². The van der Waals surface area contributed by atoms with Gasteiger partial charge in [0.05, 0.1) is 11.2 Å². The molecule has 0 spiro atoms. The number of rotatable bonds is 6. The van der Waals surface area contributed by atoms with E-state index in [1.807, 2.05) is 52.0 Å². The van der Waals surface area contributed by atoms with E-state index in [0.717, 1.165) is 22.3 Å². The standard InChI is InChI=1S/C30H29BFN3O4/c1-29(2)30(3,4)39-31(38-29)20(13-19-14-26(32)27(15-33)34-16-19)17-35-28(36)37-18-25-23-11-7-5-9-21(23)22-10-6-8-12-24(22)25/h5-14,16,25H,17-18H2,1-4H3,(H,35,36). The van der Waals surface area contributed by atoms with E-state index in [9.17, 15) is 9.18 Å². The molecule has 198 valence electrons. The fraction of sp³-hybridized carbons (Fsp3) is 0.300. The second kappa shape index (κ2) is 10.3. The molecule has 0 atom stereocenters. The zero-order valence-electron chi connectivity index (χ0n) is 22.3. The maximum atomic E-state index is 14.2. The molecule has 39 heavy (non-hydrogen) atoms. The highest BCUT2D eigenvalue weighted by Gasteiger charge is 2.52. The normalized spacial score (nSPS) is 17.3. The number of carbonyl (C=O) groups excluding carboxylic acids is 1. The summed E-state index contributed by atoms with van der Waals surface area (Å²) in [5.41, 5.74) is 3.98. The highest BCUT2D eigenvalue weighted by molar-refractivity contribution is 6.56. The lowest BCUT2D eigenvalue weighted by molar-refractivity contribution is 0.00578. The molecule has 9 heteroatoms. The predicted molar refractivity (Wildman–Crippen MR) is 146 cm³/mol. The molecule has 0 unspecified atom stereocenters. The van der Waals surface area contributed by atoms with Gasteiger partial charge in [0, 0.05) is 18.7 Å². The number of benzene rings is 2. The van der Waals surface area contributed by atoms with Gasteiger partial charge in [0.25, 0.3) is 0 Å². The van der Waals surface area contributed by atoms with Crippen LogP contribution in [-0.2, 0) is 14.0 Å². The van der Waals surface area contributed by atoms with E-state index in [0.29, 0.717) is 11.0 Å². The number of pyridine rings is 1. The average molecular weight is 525 g/mol. The SMILES string of the molecule is CC1(C)OB(C(=Cc2cnc(C#N)c(F)c2)CNC(=O)OCC2c3ccccc3-c3ccccc32)OC1(C)C. The van der Waals surface area contributed by atoms with Gasteiger partial charge in [0.2, 0.25) is 0 Å². The number of amides is 1. The summed E-state index contributed by atoms with van der Waals surface area (Å²) in [5.74, 6) is -0.794. The minimum atomic E-state index is -0.789. The molecule has 5 rings (SSSR count). The molecule has 2 aliphatic rings. The zero-order valence-corrected chi connectivity index (χ0v) is 22.3. The van der Waals surface area contributed by atoms with Gasteiger partial charge in [0.1, 0.15) is 12.7 Å². The first-order chi connectivity index (χ1) is 18.6. The van der Waals surface area contributed by atoms with Crippen molar-refractivity contribution in [1.82, 2.24) is 10.3 Å². The summed E-state index contributed by atoms with van der Waals surface area (Å²) in [7, 11) is -0.789. The number of ether oxygens (including phenoxy) is 1. The summed E-state index contributed by atoms with van der Waals surface area (Å²) in [4.78, 5) is 16.7. The van der Waals surface area contributed by atoms with Crippen molar-refractivity contribution in [2.75, 3.05) is 13.2 Å². The molecule has 1 aliphatic carbocycles. The van der Waals surface area contributed by atoms with E-state index in [1.54, 1.807) is 12.1 Å². The van der Waals surface area contributed by atoms with Crippen molar-refractivity contribution in [2.24, 2.45) is 0 Å². The number of alkyl carbamates (subject to hydrolysis) is 1. The minimum absolute atomic E-state index is 0.0368. The molecule has 1 saturated heterocycles. The Hall–Kier alpha value is -4.00. The van der Waals surface area contributed by atoms with Gasteiger partial charge in [-0.25, -0.2) is 14.2 Å². The smallest absolute Gasteiger partial charge is 0.449 e. The number of hydrogen-bond acceptors (Lipinski definition) is 6. The summed E-state index contributed by atoms with van der Waals surface area (Å²) in [6.07, 6.45) is 2.44. The molecular formula is C30H29BFN3O4. The number of carbonyl (C=O) groups is 1. The number of nitrogens with zero attached hydrogens (tertiary/aromatic N) is 2. The van der Waals surface area contributed by atoms with E-state index in [2.05, 4.69) is 34.6 Å². The zero-order chi connectivity index (χ0) is 27.8. The van der Waals surface area contributed by atoms with E-state index in [1.165, 1.54) is 12.3 Å². The Kier molecular flexibility index (Phi) is 7.02. The molecule has 1 N–H and O–H groups in total. The maximum Gasteiger partial charge on any atom is 0.492 e. The monoisotopic (exact) mass is 525 g/mol. The summed E-state index contributed by atoms with van der Waals surface area (Å²) in [6.45, 7) is 7.91. The number of hydrogen-bond donors (Lipinski definition) is 1. The predicted octanol–water partition coefficient (Wildman–Crippen LogP) is 5.65. The fourth-order valence-electron chi connectivity index (χ4n) is 4.85. The van der Waals surface area contributed by atoms with Gasteiger partial charge < -0.3 is 19.4 Å². The number of halogens is 1. The third kappa shape index (κ3) is 5.18. The number of nitriles is 1. The third-order valence-electron chi connectivity index (χ3n) is 7.66. The van der Waals surface area contributed by atoms with Crippen LogP contribution in [0, 0.1) is 17.1 Å². The second-order valence-corrected chi connectivity index (χ2v) is 10.7. The van der Waals surface area contributed by atoms with Crippen molar-refractivity contribution < 1.29 is 23.2 Å². The van der Waals surface area contributed by atoms with Crippen LogP contribution >= 0.6 is 0 Å². The van der Waals surface area contributed by atoms with Crippen molar-refractivity contribution in [1.29, 1.82) is 5.26 Å². The average Bonchev–Trinajstić information content (AvgIpc) is 3.34. The van der Waals surface area contributed by atoms with Crippen LogP contribution in [0.4, 0.5) is 9.18 Å². The highest BCUT2D eigenvalue weighted by Crippen LogP contribution is 2.44. The lowest BCUT2D eigenvalue weighted by Crippen LogP contribution is -2.41. The van der Waals surface area contributed by atoms with Crippen molar-refractivity contribution in [3.63, 3.8) is 0 Å². The summed E-state index contributed by atoms with van der Waals surface area (Å²) >= 11 is 0. The van der Waals surface area contributed by atoms with Gasteiger partial charge in [-0.3, -0.25) is 0 Å². The molecule has 1 aliphatic heterocycles. The van der Waals surface area contributed by atoms with Crippen molar-refractivity contribution in [3.05, 3.63) is 94.5 Å². The number of nitrogens with one attached hydrogen (secondary N) is 1. The van der Waals surface area contributed by atoms with E-state index in [4.69, 9.17) is 19.3 Å². The van der Waals surface area contributed by atoms with Crippen molar-refractivity contribution >= 4 is 19.3 Å². The molecule has 7 nitrogen and oxygen atoms in total. The molecule has 2 aromatic carbocycles. The Morgan fingerprint density at radius 2 is 1.69 bits per heavy atom. The molecule has 3 aromatic rings. The highest BCUT2D eigenvalue weighted by atomic mass is 19.1. The van der Waals surface area contributed by atoms with Gasteiger partial charge in [-0.1, -0.05) is 54.6 Å². The first-order valence-electron chi connectivity index (χ1n) is 12.8. The van der Waals surface area contributed by atoms with E-state index >= 15 is 0 Å². The van der Waals surface area contributed by atoms with Gasteiger partial charge in [-0.05, 0) is 67.1 Å². The van der Waals surface area contributed by atoms with Crippen LogP contribution in [0.1, 0.15) is 56.0 Å². The summed E-state index contributed by atoms with van der Waals surface area (Å²) in [6, 6.07) is 19.2. The third-order valence-corrected chi connectivity index (χ3v) is 7.66. The van der Waals surface area contributed by atoms with Crippen molar-refractivity contribution in [2.45, 2.75) is 44.8 Å². The quantitative estimate of drug-likeness (QED) is 0.419. The lowest BCUT2D eigenvalue weighted by Gasteiger charge is -2.32. The van der Waals surface area contributed by atoms with Crippen LogP contribution < -0.4 is 5.32 Å². The van der Waals surface area contributed by atoms with Crippen LogP contribution in [0.2, 0.25) is 0 Å². The second-order valence-electron chi connectivity index (χ2n) is 10.7. The summed E-state index contributed by atoms with van der Waals surface area (Å²) in [5, 5.41) is 11.8. The first-order valence-corrected chi connectivity index (χ1v) is 12.8. The van der Waals surface area contributed by atoms with Gasteiger partial charge in [-0.15, -0.1) is 0 Å². The molecule has 0 bridgehead atoms. The largest absolute Gasteiger partial charge is 0.492 e. The van der Waals surface area contributed by atoms with Crippen LogP contribution in [0.15, 0.2) is 66.3 Å². The maximum absolute atomic E-state index is 14.2. The van der Waals surface area contributed by atoms with Gasteiger partial charge in [-0.2, -0.15) is 5.26 Å². The topological polar surface area (TPSA) is 93.5 Å². The van der Waals surface area contributed by atoms with Gasteiger partial charge in [0.15, 0.2) is 11.5 Å². The molecule has 2 heterocycles. The Morgan fingerprint density at radius 3 is 2.26 bits per heavy atom. The van der Waals surface area contributed by atoms with Crippen LogP contribution in [0.25, 0.3) is 17.2 Å². The van der Waals surface area contributed by atoms with Crippen molar-refractivity contribution in [3.8, 4) is 17.2 Å². The van der Waals surface area contributed by atoms with E-state index in [-0.39, 0.29) is 24.8 Å². The Bertz CT molecular complexity index is 1440. The lowest BCUT2D eigenvalue weighted by atomic mass is 9.77. The minimum Gasteiger partial charge on any atom is -0.449 e. The van der Waals surface area contributed by atoms with Crippen LogP contribution in [0.3, 0.4) is 0 Å². The summed E-state index contributed by atoms with van der Waals surface area (Å²) < 4.78 is 32.3. The Labute approximate surface area is 227 Å². The Morgan fingerprint density at radius 1 is 1.10 bits per heavy atom. The fourth-order valence-corrected chi connectivity index (χ4v) is 4.85. The molecule has 1 fully saturated rings. The number of aromatic nitrogens is 1. The molecular weight excluding hydrogens is 496 g/mol. The molecule has 0 radical (unpaired) electrons. The molecule has 1 aromatic heterocycles. The molecule has 0 saturated carbocycles. The van der Waals surface area contributed by atoms with E-state index < -0.39 is 30.2 Å².